The molecule has 33 heavy (non-hydrogen) atoms. The van der Waals surface area contributed by atoms with Gasteiger partial charge >= 0.3 is 12.4 Å². The first kappa shape index (κ1) is 25.8. The highest BCUT2D eigenvalue weighted by atomic mass is 19.4. The number of alkyl halides is 3. The van der Waals surface area contributed by atoms with E-state index in [1.54, 1.807) is 12.1 Å². The van der Waals surface area contributed by atoms with Crippen LogP contribution >= 0.6 is 0 Å². The number of aryl methyl sites for hydroxylation is 1. The first-order valence-electron chi connectivity index (χ1n) is 9.40. The first-order valence-corrected chi connectivity index (χ1v) is 9.40. The molecule has 3 aromatic rings. The van der Waals surface area contributed by atoms with Gasteiger partial charge in [-0.1, -0.05) is 37.6 Å². The molecule has 0 radical (unpaired) electrons. The molecular weight excluding hydrogens is 460 g/mol. The molecule has 0 saturated carbocycles. The molecular formula is C23H16F8O2. The third-order valence-electron chi connectivity index (χ3n) is 4.18. The van der Waals surface area contributed by atoms with Crippen molar-refractivity contribution in [1.82, 2.24) is 0 Å². The summed E-state index contributed by atoms with van der Waals surface area (Å²) < 4.78 is 102. The summed E-state index contributed by atoms with van der Waals surface area (Å²) in [6, 6.07) is 8.61. The Kier molecular flexibility index (Phi) is 8.56. The minimum absolute atomic E-state index is 0.271. The Bertz CT molecular complexity index is 1090. The molecule has 0 fully saturated rings. The van der Waals surface area contributed by atoms with Crippen molar-refractivity contribution < 1.29 is 44.7 Å². The van der Waals surface area contributed by atoms with E-state index in [9.17, 15) is 39.9 Å². The minimum atomic E-state index is -4.97. The molecule has 3 aromatic carbocycles. The van der Waals surface area contributed by atoms with Crippen LogP contribution in [0, 0.1) is 23.3 Å². The maximum Gasteiger partial charge on any atom is 0.573 e. The standard InChI is InChI=1S/C16H13F3O.C7H3F5O/c1-2-3-10-4-6-11(7-5-10)12-8-13(17)15(16(19)20)14(18)9-12;8-4-1-2-6(5(9)3-4)13-7(10,11)12/h4-9H,2-3H2,1H3;1-3H. The molecule has 10 heteroatoms. The average Bonchev–Trinajstić information content (AvgIpc) is 2.70. The lowest BCUT2D eigenvalue weighted by Crippen LogP contribution is -2.17. The van der Waals surface area contributed by atoms with Crippen molar-refractivity contribution >= 4 is 6.04 Å². The molecule has 176 valence electrons. The van der Waals surface area contributed by atoms with Gasteiger partial charge < -0.3 is 4.74 Å². The third kappa shape index (κ3) is 7.58. The van der Waals surface area contributed by atoms with Gasteiger partial charge in [0.15, 0.2) is 11.6 Å². The van der Waals surface area contributed by atoms with Gasteiger partial charge in [-0.25, -0.2) is 17.6 Å². The van der Waals surface area contributed by atoms with E-state index in [1.807, 2.05) is 12.1 Å². The van der Waals surface area contributed by atoms with E-state index >= 15 is 0 Å². The van der Waals surface area contributed by atoms with Crippen LogP contribution < -0.4 is 4.74 Å². The van der Waals surface area contributed by atoms with Crippen LogP contribution in [0.5, 0.6) is 5.75 Å². The van der Waals surface area contributed by atoms with Gasteiger partial charge in [0.2, 0.25) is 0 Å². The Labute approximate surface area is 183 Å². The Morgan fingerprint density at radius 3 is 1.85 bits per heavy atom. The van der Waals surface area contributed by atoms with Gasteiger partial charge in [0.1, 0.15) is 23.0 Å². The highest BCUT2D eigenvalue weighted by Crippen LogP contribution is 2.26. The molecule has 0 atom stereocenters. The fourth-order valence-electron chi connectivity index (χ4n) is 2.76. The predicted octanol–water partition coefficient (Wildman–Crippen LogP) is 7.56. The fraction of sp³-hybridized carbons (Fsp3) is 0.174. The summed E-state index contributed by atoms with van der Waals surface area (Å²) in [5, 5.41) is 0. The predicted molar refractivity (Wildman–Crippen MR) is 104 cm³/mol. The maximum absolute atomic E-state index is 13.5. The molecule has 0 heterocycles. The van der Waals surface area contributed by atoms with Crippen molar-refractivity contribution in [2.75, 3.05) is 0 Å². The van der Waals surface area contributed by atoms with Gasteiger partial charge in [-0.2, -0.15) is 4.39 Å². The van der Waals surface area contributed by atoms with Crippen molar-refractivity contribution in [1.29, 1.82) is 0 Å². The quantitative estimate of drug-likeness (QED) is 0.281. The van der Waals surface area contributed by atoms with Crippen LogP contribution in [0.1, 0.15) is 29.3 Å². The van der Waals surface area contributed by atoms with Gasteiger partial charge in [-0.3, -0.25) is 4.79 Å². The molecule has 0 bridgehead atoms. The molecule has 0 aliphatic rings. The van der Waals surface area contributed by atoms with E-state index in [-0.39, 0.29) is 5.56 Å². The zero-order chi connectivity index (χ0) is 24.8. The number of rotatable bonds is 5. The lowest BCUT2D eigenvalue weighted by Gasteiger charge is -2.08. The number of carbonyl (C=O) groups excluding carboxylic acids is 1. The Balaban J connectivity index is 0.000000257. The number of hydrogen-bond acceptors (Lipinski definition) is 2. The van der Waals surface area contributed by atoms with Crippen molar-refractivity contribution in [3.8, 4) is 16.9 Å². The highest BCUT2D eigenvalue weighted by Gasteiger charge is 2.32. The van der Waals surface area contributed by atoms with E-state index in [1.165, 1.54) is 0 Å². The Morgan fingerprint density at radius 1 is 0.818 bits per heavy atom. The number of hydrogen-bond donors (Lipinski definition) is 0. The second-order valence-corrected chi connectivity index (χ2v) is 6.66. The second-order valence-electron chi connectivity index (χ2n) is 6.66. The molecule has 0 amide bonds. The molecule has 0 spiro atoms. The van der Waals surface area contributed by atoms with E-state index in [4.69, 9.17) is 0 Å². The third-order valence-corrected chi connectivity index (χ3v) is 4.18. The maximum atomic E-state index is 13.5. The summed E-state index contributed by atoms with van der Waals surface area (Å²) in [5.41, 5.74) is 0.873. The summed E-state index contributed by atoms with van der Waals surface area (Å²) in [5.74, 6) is -5.78. The summed E-state index contributed by atoms with van der Waals surface area (Å²) in [6.07, 6.45) is -3.03. The van der Waals surface area contributed by atoms with E-state index in [0.29, 0.717) is 23.8 Å². The zero-order valence-electron chi connectivity index (χ0n) is 17.0. The molecule has 0 unspecified atom stereocenters. The SMILES string of the molecule is CCCc1ccc(-c2cc(F)c(C(=O)F)c(F)c2)cc1.Fc1ccc(OC(F)(F)F)c(F)c1. The number of halogens is 8. The molecule has 3 rings (SSSR count). The largest absolute Gasteiger partial charge is 0.573 e. The van der Waals surface area contributed by atoms with E-state index in [0.717, 1.165) is 30.5 Å². The van der Waals surface area contributed by atoms with Crippen molar-refractivity contribution in [2.24, 2.45) is 0 Å². The summed E-state index contributed by atoms with van der Waals surface area (Å²) >= 11 is 0. The van der Waals surface area contributed by atoms with Crippen LogP contribution in [0.25, 0.3) is 11.1 Å². The Hall–Kier alpha value is -3.43. The lowest BCUT2D eigenvalue weighted by molar-refractivity contribution is -0.275. The topological polar surface area (TPSA) is 26.3 Å². The van der Waals surface area contributed by atoms with Crippen LogP contribution in [-0.4, -0.2) is 12.4 Å². The zero-order valence-corrected chi connectivity index (χ0v) is 17.0. The smallest absolute Gasteiger partial charge is 0.403 e. The Morgan fingerprint density at radius 2 is 1.39 bits per heavy atom. The minimum Gasteiger partial charge on any atom is -0.403 e. The van der Waals surface area contributed by atoms with Crippen molar-refractivity contribution in [2.45, 2.75) is 26.1 Å². The average molecular weight is 476 g/mol. The number of ether oxygens (including phenoxy) is 1. The molecule has 0 saturated heterocycles. The number of carbonyl (C=O) groups is 1. The first-order chi connectivity index (χ1) is 15.4. The lowest BCUT2D eigenvalue weighted by atomic mass is 10.0. The van der Waals surface area contributed by atoms with Crippen LogP contribution in [0.15, 0.2) is 54.6 Å². The van der Waals surface area contributed by atoms with Gasteiger partial charge in [0.25, 0.3) is 0 Å². The molecule has 0 aliphatic carbocycles. The molecule has 0 aliphatic heterocycles. The van der Waals surface area contributed by atoms with E-state index < -0.39 is 47.0 Å². The summed E-state index contributed by atoms with van der Waals surface area (Å²) in [4.78, 5) is 10.5. The summed E-state index contributed by atoms with van der Waals surface area (Å²) in [6.45, 7) is 2.06. The van der Waals surface area contributed by atoms with E-state index in [2.05, 4.69) is 11.7 Å². The van der Waals surface area contributed by atoms with Gasteiger partial charge in [0, 0.05) is 6.07 Å². The molecule has 2 nitrogen and oxygen atoms in total. The van der Waals surface area contributed by atoms with Gasteiger partial charge in [-0.05, 0) is 47.4 Å². The van der Waals surface area contributed by atoms with Crippen LogP contribution in [0.2, 0.25) is 0 Å². The summed E-state index contributed by atoms with van der Waals surface area (Å²) in [7, 11) is 0. The van der Waals surface area contributed by atoms with Gasteiger partial charge in [-0.15, -0.1) is 13.2 Å². The molecule has 0 N–H and O–H groups in total. The van der Waals surface area contributed by atoms with Crippen molar-refractivity contribution in [3.63, 3.8) is 0 Å². The van der Waals surface area contributed by atoms with Gasteiger partial charge in [0.05, 0.1) is 0 Å². The molecule has 0 aromatic heterocycles. The van der Waals surface area contributed by atoms with Crippen molar-refractivity contribution in [3.05, 3.63) is 89.0 Å². The monoisotopic (exact) mass is 476 g/mol. The number of benzene rings is 3. The second kappa shape index (κ2) is 10.9. The van der Waals surface area contributed by atoms with Crippen LogP contribution in [0.3, 0.4) is 0 Å². The highest BCUT2D eigenvalue weighted by molar-refractivity contribution is 5.89. The van der Waals surface area contributed by atoms with Crippen LogP contribution in [-0.2, 0) is 6.42 Å². The normalized spacial score (nSPS) is 10.9. The fourth-order valence-corrected chi connectivity index (χ4v) is 2.76. The van der Waals surface area contributed by atoms with Crippen LogP contribution in [0.4, 0.5) is 35.1 Å².